The zero-order chi connectivity index (χ0) is 13.3. The number of benzene rings is 1. The van der Waals surface area contributed by atoms with Crippen molar-refractivity contribution in [3.63, 3.8) is 0 Å². The number of hydrogen-bond donors (Lipinski definition) is 0. The average molecular weight is 312 g/mol. The SMILES string of the molecule is COC(=O)C1CN(Cc2c(C)cc(Br)cc2C)C1. The van der Waals surface area contributed by atoms with E-state index in [1.54, 1.807) is 0 Å². The van der Waals surface area contributed by atoms with E-state index in [-0.39, 0.29) is 11.9 Å². The zero-order valence-corrected chi connectivity index (χ0v) is 12.6. The number of carbonyl (C=O) groups excluding carboxylic acids is 1. The molecule has 0 N–H and O–H groups in total. The summed E-state index contributed by atoms with van der Waals surface area (Å²) in [4.78, 5) is 13.6. The lowest BCUT2D eigenvalue weighted by atomic mass is 9.96. The highest BCUT2D eigenvalue weighted by atomic mass is 79.9. The second kappa shape index (κ2) is 5.41. The van der Waals surface area contributed by atoms with E-state index in [0.29, 0.717) is 0 Å². The number of carbonyl (C=O) groups is 1. The maximum Gasteiger partial charge on any atom is 0.311 e. The van der Waals surface area contributed by atoms with E-state index in [9.17, 15) is 4.79 Å². The molecule has 1 heterocycles. The molecule has 0 atom stereocenters. The molecule has 1 aliphatic heterocycles. The van der Waals surface area contributed by atoms with Crippen molar-refractivity contribution >= 4 is 21.9 Å². The topological polar surface area (TPSA) is 29.5 Å². The lowest BCUT2D eigenvalue weighted by Gasteiger charge is -2.38. The lowest BCUT2D eigenvalue weighted by Crippen LogP contribution is -2.50. The predicted octanol–water partition coefficient (Wildman–Crippen LogP) is 2.67. The molecule has 18 heavy (non-hydrogen) atoms. The van der Waals surface area contributed by atoms with Crippen molar-refractivity contribution in [1.82, 2.24) is 4.90 Å². The molecule has 2 rings (SSSR count). The second-order valence-electron chi connectivity index (χ2n) is 4.93. The molecule has 0 saturated carbocycles. The molecule has 0 aromatic heterocycles. The van der Waals surface area contributed by atoms with Crippen LogP contribution in [0.3, 0.4) is 0 Å². The van der Waals surface area contributed by atoms with Gasteiger partial charge in [0.05, 0.1) is 13.0 Å². The van der Waals surface area contributed by atoms with E-state index in [0.717, 1.165) is 24.1 Å². The van der Waals surface area contributed by atoms with Crippen LogP contribution in [0.2, 0.25) is 0 Å². The maximum absolute atomic E-state index is 11.3. The molecule has 98 valence electrons. The number of likely N-dealkylation sites (tertiary alicyclic amines) is 1. The summed E-state index contributed by atoms with van der Waals surface area (Å²) in [5.74, 6) is -0.0263. The van der Waals surface area contributed by atoms with Gasteiger partial charge >= 0.3 is 5.97 Å². The third-order valence-corrected chi connectivity index (χ3v) is 3.99. The Hall–Kier alpha value is -0.870. The molecule has 3 nitrogen and oxygen atoms in total. The standard InChI is InChI=1S/C14H18BrNO2/c1-9-4-12(15)5-10(2)13(9)8-16-6-11(7-16)14(17)18-3/h4-5,11H,6-8H2,1-3H3. The van der Waals surface area contributed by atoms with E-state index >= 15 is 0 Å². The molecule has 1 aromatic rings. The van der Waals surface area contributed by atoms with Crippen LogP contribution in [0.1, 0.15) is 16.7 Å². The van der Waals surface area contributed by atoms with Crippen molar-refractivity contribution in [1.29, 1.82) is 0 Å². The normalized spacial score (nSPS) is 16.4. The fourth-order valence-corrected chi connectivity index (χ4v) is 3.12. The van der Waals surface area contributed by atoms with Crippen molar-refractivity contribution in [2.24, 2.45) is 5.92 Å². The number of aryl methyl sites for hydroxylation is 2. The van der Waals surface area contributed by atoms with Crippen LogP contribution in [-0.4, -0.2) is 31.1 Å². The number of nitrogens with zero attached hydrogens (tertiary/aromatic N) is 1. The van der Waals surface area contributed by atoms with Crippen molar-refractivity contribution in [2.75, 3.05) is 20.2 Å². The van der Waals surface area contributed by atoms with E-state index in [1.165, 1.54) is 23.8 Å². The van der Waals surface area contributed by atoms with Crippen molar-refractivity contribution in [2.45, 2.75) is 20.4 Å². The van der Waals surface area contributed by atoms with Gasteiger partial charge in [-0.3, -0.25) is 9.69 Å². The van der Waals surface area contributed by atoms with Crippen LogP contribution in [0.15, 0.2) is 16.6 Å². The molecule has 0 bridgehead atoms. The molecule has 1 aliphatic rings. The number of halogens is 1. The van der Waals surface area contributed by atoms with Crippen LogP contribution in [0, 0.1) is 19.8 Å². The molecular weight excluding hydrogens is 294 g/mol. The van der Waals surface area contributed by atoms with Gasteiger partial charge in [-0.2, -0.15) is 0 Å². The van der Waals surface area contributed by atoms with E-state index < -0.39 is 0 Å². The van der Waals surface area contributed by atoms with Gasteiger partial charge in [-0.05, 0) is 42.7 Å². The smallest absolute Gasteiger partial charge is 0.311 e. The number of methoxy groups -OCH3 is 1. The minimum Gasteiger partial charge on any atom is -0.469 e. The summed E-state index contributed by atoms with van der Waals surface area (Å²) in [6.07, 6.45) is 0. The predicted molar refractivity (Wildman–Crippen MR) is 74.4 cm³/mol. The summed E-state index contributed by atoms with van der Waals surface area (Å²) in [5, 5.41) is 0. The van der Waals surface area contributed by atoms with Crippen molar-refractivity contribution in [3.8, 4) is 0 Å². The summed E-state index contributed by atoms with van der Waals surface area (Å²) in [7, 11) is 1.45. The number of hydrogen-bond acceptors (Lipinski definition) is 3. The molecule has 0 amide bonds. The first-order chi connectivity index (χ1) is 8.51. The van der Waals surface area contributed by atoms with Gasteiger partial charge in [-0.1, -0.05) is 15.9 Å². The van der Waals surface area contributed by atoms with Gasteiger partial charge in [0.25, 0.3) is 0 Å². The Morgan fingerprint density at radius 2 is 1.94 bits per heavy atom. The van der Waals surface area contributed by atoms with Gasteiger partial charge in [0, 0.05) is 24.1 Å². The van der Waals surface area contributed by atoms with Gasteiger partial charge in [-0.25, -0.2) is 0 Å². The third-order valence-electron chi connectivity index (χ3n) is 3.53. The monoisotopic (exact) mass is 311 g/mol. The summed E-state index contributed by atoms with van der Waals surface area (Å²) in [6.45, 7) is 6.79. The molecule has 4 heteroatoms. The maximum atomic E-state index is 11.3. The van der Waals surface area contributed by atoms with Gasteiger partial charge in [-0.15, -0.1) is 0 Å². The summed E-state index contributed by atoms with van der Waals surface area (Å²) in [5.41, 5.74) is 3.95. The Balaban J connectivity index is 1.99. The largest absolute Gasteiger partial charge is 0.469 e. The molecular formula is C14H18BrNO2. The first-order valence-corrected chi connectivity index (χ1v) is 6.86. The number of rotatable bonds is 3. The van der Waals surface area contributed by atoms with Crippen LogP contribution in [0.5, 0.6) is 0 Å². The Labute approximate surface area is 116 Å². The average Bonchev–Trinajstić information content (AvgIpc) is 2.24. The molecule has 0 aliphatic carbocycles. The highest BCUT2D eigenvalue weighted by Gasteiger charge is 2.33. The third kappa shape index (κ3) is 2.75. The number of ether oxygens (including phenoxy) is 1. The zero-order valence-electron chi connectivity index (χ0n) is 11.0. The minimum atomic E-state index is -0.0875. The Bertz CT molecular complexity index is 444. The van der Waals surface area contributed by atoms with Crippen LogP contribution < -0.4 is 0 Å². The molecule has 0 radical (unpaired) electrons. The highest BCUT2D eigenvalue weighted by Crippen LogP contribution is 2.25. The van der Waals surface area contributed by atoms with Crippen molar-refractivity contribution < 1.29 is 9.53 Å². The fourth-order valence-electron chi connectivity index (χ4n) is 2.43. The minimum absolute atomic E-state index is 0.0612. The molecule has 0 spiro atoms. The Morgan fingerprint density at radius 1 is 1.39 bits per heavy atom. The van der Waals surface area contributed by atoms with Gasteiger partial charge < -0.3 is 4.74 Å². The van der Waals surface area contributed by atoms with E-state index in [1.807, 2.05) is 0 Å². The molecule has 1 fully saturated rings. The van der Waals surface area contributed by atoms with Gasteiger partial charge in [0.15, 0.2) is 0 Å². The second-order valence-corrected chi connectivity index (χ2v) is 5.85. The fraction of sp³-hybridized carbons (Fsp3) is 0.500. The van der Waals surface area contributed by atoms with Crippen LogP contribution in [0.4, 0.5) is 0 Å². The van der Waals surface area contributed by atoms with Crippen molar-refractivity contribution in [3.05, 3.63) is 33.3 Å². The van der Waals surface area contributed by atoms with Gasteiger partial charge in [0.1, 0.15) is 0 Å². The van der Waals surface area contributed by atoms with E-state index in [4.69, 9.17) is 4.74 Å². The Morgan fingerprint density at radius 3 is 2.44 bits per heavy atom. The highest BCUT2D eigenvalue weighted by molar-refractivity contribution is 9.10. The summed E-state index contributed by atoms with van der Waals surface area (Å²) in [6, 6.07) is 4.28. The van der Waals surface area contributed by atoms with Gasteiger partial charge in [0.2, 0.25) is 0 Å². The lowest BCUT2D eigenvalue weighted by molar-refractivity contribution is -0.151. The quantitative estimate of drug-likeness (QED) is 0.804. The Kier molecular flexibility index (Phi) is 4.07. The molecule has 1 aromatic carbocycles. The van der Waals surface area contributed by atoms with Crippen LogP contribution in [-0.2, 0) is 16.1 Å². The summed E-state index contributed by atoms with van der Waals surface area (Å²) < 4.78 is 5.87. The molecule has 0 unspecified atom stereocenters. The van der Waals surface area contributed by atoms with Crippen LogP contribution in [0.25, 0.3) is 0 Å². The van der Waals surface area contributed by atoms with E-state index in [2.05, 4.69) is 46.8 Å². The number of esters is 1. The first kappa shape index (κ1) is 13.6. The molecule has 1 saturated heterocycles. The first-order valence-electron chi connectivity index (χ1n) is 6.07. The van der Waals surface area contributed by atoms with Crippen LogP contribution >= 0.6 is 15.9 Å². The summed E-state index contributed by atoms with van der Waals surface area (Å²) >= 11 is 3.51.